The van der Waals surface area contributed by atoms with Gasteiger partial charge in [0.1, 0.15) is 0 Å². The highest BCUT2D eigenvalue weighted by Gasteiger charge is 2.21. The summed E-state index contributed by atoms with van der Waals surface area (Å²) in [4.78, 5) is 3.33. The zero-order valence-corrected chi connectivity index (χ0v) is 10.1. The SMILES string of the molecule is OC1CCc2[nH]c3c(Cl)cc(Cl)cc3c2C1. The number of aliphatic hydroxyl groups excluding tert-OH is 1. The van der Waals surface area contributed by atoms with Crippen LogP contribution in [0, 0.1) is 0 Å². The smallest absolute Gasteiger partial charge is 0.0662 e. The van der Waals surface area contributed by atoms with Crippen molar-refractivity contribution < 1.29 is 5.11 Å². The Balaban J connectivity index is 2.30. The van der Waals surface area contributed by atoms with Crippen molar-refractivity contribution in [2.24, 2.45) is 0 Å². The number of fused-ring (bicyclic) bond motifs is 3. The predicted octanol–water partition coefficient (Wildman–Crippen LogP) is 3.32. The lowest BCUT2D eigenvalue weighted by Crippen LogP contribution is -2.17. The number of aromatic nitrogens is 1. The van der Waals surface area contributed by atoms with Crippen molar-refractivity contribution in [1.29, 1.82) is 0 Å². The van der Waals surface area contributed by atoms with Gasteiger partial charge in [0.25, 0.3) is 0 Å². The van der Waals surface area contributed by atoms with Crippen LogP contribution in [0.15, 0.2) is 12.1 Å². The van der Waals surface area contributed by atoms with E-state index in [2.05, 4.69) is 4.98 Å². The van der Waals surface area contributed by atoms with Crippen LogP contribution in [0.4, 0.5) is 0 Å². The molecule has 84 valence electrons. The molecule has 0 fully saturated rings. The average molecular weight is 256 g/mol. The lowest BCUT2D eigenvalue weighted by molar-refractivity contribution is 0.158. The zero-order chi connectivity index (χ0) is 11.3. The Morgan fingerprint density at radius 1 is 1.31 bits per heavy atom. The number of hydrogen-bond acceptors (Lipinski definition) is 1. The molecule has 1 aliphatic rings. The van der Waals surface area contributed by atoms with Crippen LogP contribution in [0.25, 0.3) is 10.9 Å². The van der Waals surface area contributed by atoms with Gasteiger partial charge in [-0.2, -0.15) is 0 Å². The third-order valence-electron chi connectivity index (χ3n) is 3.19. The predicted molar refractivity (Wildman–Crippen MR) is 66.4 cm³/mol. The second kappa shape index (κ2) is 3.66. The van der Waals surface area contributed by atoms with Gasteiger partial charge >= 0.3 is 0 Å². The Morgan fingerprint density at radius 3 is 2.94 bits per heavy atom. The second-order valence-corrected chi connectivity index (χ2v) is 5.13. The van der Waals surface area contributed by atoms with E-state index >= 15 is 0 Å². The Kier molecular flexibility index (Phi) is 2.39. The van der Waals surface area contributed by atoms with Crippen molar-refractivity contribution in [3.63, 3.8) is 0 Å². The monoisotopic (exact) mass is 255 g/mol. The van der Waals surface area contributed by atoms with Crippen LogP contribution in [-0.4, -0.2) is 16.2 Å². The van der Waals surface area contributed by atoms with Gasteiger partial charge in [-0.15, -0.1) is 0 Å². The molecule has 1 unspecified atom stereocenters. The first-order valence-corrected chi connectivity index (χ1v) is 6.07. The molecular formula is C12H11Cl2NO. The van der Waals surface area contributed by atoms with Crippen LogP contribution in [0.1, 0.15) is 17.7 Å². The molecule has 0 saturated heterocycles. The largest absolute Gasteiger partial charge is 0.393 e. The molecule has 2 N–H and O–H groups in total. The van der Waals surface area contributed by atoms with Crippen LogP contribution in [0.2, 0.25) is 10.0 Å². The number of H-pyrrole nitrogens is 1. The van der Waals surface area contributed by atoms with Gasteiger partial charge in [0.05, 0.1) is 16.6 Å². The summed E-state index contributed by atoms with van der Waals surface area (Å²) in [7, 11) is 0. The maximum absolute atomic E-state index is 9.69. The minimum absolute atomic E-state index is 0.246. The Hall–Kier alpha value is -0.700. The van der Waals surface area contributed by atoms with E-state index in [0.717, 1.165) is 29.3 Å². The van der Waals surface area contributed by atoms with Gasteiger partial charge < -0.3 is 10.1 Å². The molecule has 0 amide bonds. The number of rotatable bonds is 0. The molecule has 4 heteroatoms. The molecule has 1 aliphatic carbocycles. The number of aromatic amines is 1. The van der Waals surface area contributed by atoms with Crippen LogP contribution in [-0.2, 0) is 12.8 Å². The first-order chi connectivity index (χ1) is 7.65. The molecule has 2 nitrogen and oxygen atoms in total. The number of halogens is 2. The third kappa shape index (κ3) is 1.53. The molecule has 0 spiro atoms. The van der Waals surface area contributed by atoms with Crippen molar-refractivity contribution in [2.45, 2.75) is 25.4 Å². The van der Waals surface area contributed by atoms with Gasteiger partial charge in [0, 0.05) is 22.5 Å². The van der Waals surface area contributed by atoms with Crippen molar-refractivity contribution in [1.82, 2.24) is 4.98 Å². The second-order valence-electron chi connectivity index (χ2n) is 4.29. The first-order valence-electron chi connectivity index (χ1n) is 5.31. The molecule has 1 heterocycles. The minimum Gasteiger partial charge on any atom is -0.393 e. The number of nitrogens with one attached hydrogen (secondary N) is 1. The first kappa shape index (κ1) is 10.5. The quantitative estimate of drug-likeness (QED) is 0.745. The normalized spacial score (nSPS) is 20.1. The van der Waals surface area contributed by atoms with Crippen molar-refractivity contribution >= 4 is 34.1 Å². The molecule has 16 heavy (non-hydrogen) atoms. The summed E-state index contributed by atoms with van der Waals surface area (Å²) < 4.78 is 0. The summed E-state index contributed by atoms with van der Waals surface area (Å²) in [6.45, 7) is 0. The van der Waals surface area contributed by atoms with Gasteiger partial charge in [0.2, 0.25) is 0 Å². The topological polar surface area (TPSA) is 36.0 Å². The van der Waals surface area contributed by atoms with Gasteiger partial charge in [-0.05, 0) is 30.5 Å². The van der Waals surface area contributed by atoms with Crippen LogP contribution < -0.4 is 0 Å². The third-order valence-corrected chi connectivity index (χ3v) is 3.70. The zero-order valence-electron chi connectivity index (χ0n) is 8.56. The highest BCUT2D eigenvalue weighted by Crippen LogP contribution is 2.34. The van der Waals surface area contributed by atoms with Gasteiger partial charge in [-0.1, -0.05) is 23.2 Å². The van der Waals surface area contributed by atoms with Crippen LogP contribution in [0.3, 0.4) is 0 Å². The lowest BCUT2D eigenvalue weighted by atomic mass is 9.93. The van der Waals surface area contributed by atoms with E-state index < -0.39 is 0 Å². The van der Waals surface area contributed by atoms with E-state index in [9.17, 15) is 5.11 Å². The van der Waals surface area contributed by atoms with E-state index in [0.29, 0.717) is 16.5 Å². The summed E-state index contributed by atoms with van der Waals surface area (Å²) in [6, 6.07) is 3.65. The van der Waals surface area contributed by atoms with E-state index in [1.54, 1.807) is 6.07 Å². The summed E-state index contributed by atoms with van der Waals surface area (Å²) in [5.74, 6) is 0. The fourth-order valence-corrected chi connectivity index (χ4v) is 2.96. The van der Waals surface area contributed by atoms with Crippen LogP contribution in [0.5, 0.6) is 0 Å². The molecule has 1 atom stereocenters. The number of aliphatic hydroxyl groups is 1. The average Bonchev–Trinajstić information content (AvgIpc) is 2.57. The number of benzene rings is 1. The Morgan fingerprint density at radius 2 is 2.12 bits per heavy atom. The maximum atomic E-state index is 9.69. The summed E-state index contributed by atoms with van der Waals surface area (Å²) in [5.41, 5.74) is 3.28. The van der Waals surface area contributed by atoms with E-state index in [1.165, 1.54) is 5.69 Å². The molecular weight excluding hydrogens is 245 g/mol. The highest BCUT2D eigenvalue weighted by atomic mass is 35.5. The summed E-state index contributed by atoms with van der Waals surface area (Å²) in [6.07, 6.45) is 2.13. The van der Waals surface area contributed by atoms with Gasteiger partial charge in [-0.3, -0.25) is 0 Å². The summed E-state index contributed by atoms with van der Waals surface area (Å²) in [5, 5.41) is 12.0. The Bertz CT molecular complexity index is 562. The molecule has 1 aromatic heterocycles. The molecule has 0 radical (unpaired) electrons. The fraction of sp³-hybridized carbons (Fsp3) is 0.333. The minimum atomic E-state index is -0.246. The van der Waals surface area contributed by atoms with Crippen molar-refractivity contribution in [3.05, 3.63) is 33.4 Å². The van der Waals surface area contributed by atoms with Crippen molar-refractivity contribution in [3.8, 4) is 0 Å². The Labute approximate surface area is 103 Å². The molecule has 1 aromatic carbocycles. The van der Waals surface area contributed by atoms with E-state index in [1.807, 2.05) is 6.07 Å². The molecule has 0 saturated carbocycles. The number of aryl methyl sites for hydroxylation is 1. The maximum Gasteiger partial charge on any atom is 0.0662 e. The lowest BCUT2D eigenvalue weighted by Gasteiger charge is -2.17. The van der Waals surface area contributed by atoms with E-state index in [-0.39, 0.29) is 6.10 Å². The van der Waals surface area contributed by atoms with Crippen molar-refractivity contribution in [2.75, 3.05) is 0 Å². The van der Waals surface area contributed by atoms with Gasteiger partial charge in [-0.25, -0.2) is 0 Å². The highest BCUT2D eigenvalue weighted by molar-refractivity contribution is 6.38. The number of hydrogen-bond donors (Lipinski definition) is 2. The fourth-order valence-electron chi connectivity index (χ4n) is 2.42. The molecule has 0 bridgehead atoms. The van der Waals surface area contributed by atoms with E-state index in [4.69, 9.17) is 23.2 Å². The molecule has 0 aliphatic heterocycles. The standard InChI is InChI=1S/C12H11Cl2NO/c13-6-3-9-8-5-7(16)1-2-11(8)15-12(9)10(14)4-6/h3-4,7,15-16H,1-2,5H2. The molecule has 3 rings (SSSR count). The summed E-state index contributed by atoms with van der Waals surface area (Å²) >= 11 is 12.1. The van der Waals surface area contributed by atoms with Gasteiger partial charge in [0.15, 0.2) is 0 Å². The van der Waals surface area contributed by atoms with Crippen LogP contribution >= 0.6 is 23.2 Å². The molecule has 2 aromatic rings.